The number of halogens is 1. The lowest BCUT2D eigenvalue weighted by molar-refractivity contribution is 0.276. The number of nitrogens with zero attached hydrogens (tertiary/aromatic N) is 1. The molecule has 0 aliphatic heterocycles. The highest BCUT2D eigenvalue weighted by Gasteiger charge is 2.14. The van der Waals surface area contributed by atoms with Gasteiger partial charge in [0.2, 0.25) is 0 Å². The van der Waals surface area contributed by atoms with E-state index in [1.54, 1.807) is 6.07 Å². The molecule has 0 aliphatic carbocycles. The Bertz CT molecular complexity index is 354. The monoisotopic (exact) mass is 239 g/mol. The lowest BCUT2D eigenvalue weighted by Crippen LogP contribution is -2.29. The predicted octanol–water partition coefficient (Wildman–Crippen LogP) is 3.19. The number of anilines is 1. The van der Waals surface area contributed by atoms with Crippen molar-refractivity contribution in [3.8, 4) is 0 Å². The van der Waals surface area contributed by atoms with Gasteiger partial charge in [-0.25, -0.2) is 4.39 Å². The molecule has 1 aromatic carbocycles. The normalized spacial score (nSPS) is 12.5. The highest BCUT2D eigenvalue weighted by Crippen LogP contribution is 2.24. The van der Waals surface area contributed by atoms with E-state index in [0.29, 0.717) is 11.5 Å². The van der Waals surface area contributed by atoms with E-state index < -0.39 is 0 Å². The van der Waals surface area contributed by atoms with Gasteiger partial charge < -0.3 is 10.0 Å². The molecule has 0 amide bonds. The third-order valence-corrected chi connectivity index (χ3v) is 3.20. The molecular weight excluding hydrogens is 217 g/mol. The highest BCUT2D eigenvalue weighted by atomic mass is 19.1. The largest absolute Gasteiger partial charge is 0.391 e. The molecule has 0 aliphatic rings. The Hall–Kier alpha value is -1.09. The van der Waals surface area contributed by atoms with Gasteiger partial charge in [0.15, 0.2) is 0 Å². The van der Waals surface area contributed by atoms with E-state index in [2.05, 4.69) is 25.7 Å². The number of benzene rings is 1. The van der Waals surface area contributed by atoms with Crippen molar-refractivity contribution in [2.24, 2.45) is 5.92 Å². The van der Waals surface area contributed by atoms with Gasteiger partial charge >= 0.3 is 0 Å². The number of rotatable bonds is 6. The van der Waals surface area contributed by atoms with Crippen LogP contribution >= 0.6 is 0 Å². The van der Waals surface area contributed by atoms with Crippen LogP contribution in [0.3, 0.4) is 0 Å². The smallest absolute Gasteiger partial charge is 0.130 e. The Balaban J connectivity index is 2.98. The van der Waals surface area contributed by atoms with Crippen LogP contribution in [0, 0.1) is 11.7 Å². The zero-order valence-corrected chi connectivity index (χ0v) is 10.9. The molecule has 1 rings (SSSR count). The molecule has 1 N–H and O–H groups in total. The fraction of sp³-hybridized carbons (Fsp3) is 0.571. The van der Waals surface area contributed by atoms with Crippen LogP contribution in [-0.2, 0) is 6.61 Å². The van der Waals surface area contributed by atoms with Gasteiger partial charge in [0.25, 0.3) is 0 Å². The molecule has 3 heteroatoms. The summed E-state index contributed by atoms with van der Waals surface area (Å²) >= 11 is 0. The first-order valence-corrected chi connectivity index (χ1v) is 6.27. The molecule has 0 saturated heterocycles. The van der Waals surface area contributed by atoms with Gasteiger partial charge in [0.05, 0.1) is 6.61 Å². The summed E-state index contributed by atoms with van der Waals surface area (Å²) in [5.41, 5.74) is 1.22. The summed E-state index contributed by atoms with van der Waals surface area (Å²) in [5, 5.41) is 9.27. The third kappa shape index (κ3) is 3.43. The van der Waals surface area contributed by atoms with E-state index >= 15 is 0 Å². The minimum Gasteiger partial charge on any atom is -0.391 e. The predicted molar refractivity (Wildman–Crippen MR) is 69.7 cm³/mol. The van der Waals surface area contributed by atoms with Gasteiger partial charge in [-0.05, 0) is 25.0 Å². The Morgan fingerprint density at radius 2 is 2.06 bits per heavy atom. The van der Waals surface area contributed by atoms with Crippen LogP contribution < -0.4 is 4.90 Å². The summed E-state index contributed by atoms with van der Waals surface area (Å²) in [7, 11) is 0. The Labute approximate surface area is 103 Å². The lowest BCUT2D eigenvalue weighted by Gasteiger charge is -2.28. The van der Waals surface area contributed by atoms with Gasteiger partial charge in [-0.3, -0.25) is 0 Å². The zero-order valence-electron chi connectivity index (χ0n) is 10.9. The summed E-state index contributed by atoms with van der Waals surface area (Å²) in [5.74, 6) is 0.234. The van der Waals surface area contributed by atoms with Gasteiger partial charge in [-0.1, -0.05) is 26.3 Å². The first-order valence-electron chi connectivity index (χ1n) is 6.27. The van der Waals surface area contributed by atoms with Crippen molar-refractivity contribution in [3.63, 3.8) is 0 Å². The van der Waals surface area contributed by atoms with Crippen LogP contribution in [-0.4, -0.2) is 18.2 Å². The van der Waals surface area contributed by atoms with E-state index in [1.807, 2.05) is 6.07 Å². The molecule has 96 valence electrons. The van der Waals surface area contributed by atoms with Crippen LogP contribution in [0.25, 0.3) is 0 Å². The topological polar surface area (TPSA) is 23.5 Å². The van der Waals surface area contributed by atoms with Crippen LogP contribution in [0.5, 0.6) is 0 Å². The molecule has 0 heterocycles. The van der Waals surface area contributed by atoms with Crippen LogP contribution in [0.15, 0.2) is 18.2 Å². The van der Waals surface area contributed by atoms with Crippen LogP contribution in [0.1, 0.15) is 32.8 Å². The van der Waals surface area contributed by atoms with Crippen molar-refractivity contribution in [2.45, 2.75) is 33.8 Å². The Morgan fingerprint density at radius 1 is 1.35 bits per heavy atom. The second-order valence-electron chi connectivity index (χ2n) is 4.45. The fourth-order valence-corrected chi connectivity index (χ4v) is 1.90. The van der Waals surface area contributed by atoms with Crippen molar-refractivity contribution in [1.29, 1.82) is 0 Å². The minimum absolute atomic E-state index is 0.251. The summed E-state index contributed by atoms with van der Waals surface area (Å²) in [4.78, 5) is 2.13. The van der Waals surface area contributed by atoms with Crippen molar-refractivity contribution in [2.75, 3.05) is 18.0 Å². The van der Waals surface area contributed by atoms with E-state index in [0.717, 1.165) is 25.2 Å². The summed E-state index contributed by atoms with van der Waals surface area (Å²) in [6, 6.07) is 4.97. The number of aliphatic hydroxyl groups is 1. The standard InChI is InChI=1S/C14H22FNO/c1-4-11(3)9-16(5-2)14-8-6-7-13(15)12(14)10-17/h6-8,11,17H,4-5,9-10H2,1-3H3. The van der Waals surface area contributed by atoms with Crippen molar-refractivity contribution < 1.29 is 9.50 Å². The molecular formula is C14H22FNO. The maximum absolute atomic E-state index is 13.6. The van der Waals surface area contributed by atoms with Gasteiger partial charge in [-0.2, -0.15) is 0 Å². The fourth-order valence-electron chi connectivity index (χ4n) is 1.90. The highest BCUT2D eigenvalue weighted by molar-refractivity contribution is 5.54. The Morgan fingerprint density at radius 3 is 2.59 bits per heavy atom. The molecule has 1 unspecified atom stereocenters. The Kier molecular flexibility index (Phi) is 5.42. The molecule has 0 radical (unpaired) electrons. The van der Waals surface area contributed by atoms with Crippen molar-refractivity contribution >= 4 is 5.69 Å². The summed E-state index contributed by atoms with van der Waals surface area (Å²) < 4.78 is 13.6. The summed E-state index contributed by atoms with van der Waals surface area (Å²) in [6.45, 7) is 7.84. The molecule has 2 nitrogen and oxygen atoms in total. The van der Waals surface area contributed by atoms with Gasteiger partial charge in [0.1, 0.15) is 5.82 Å². The summed E-state index contributed by atoms with van der Waals surface area (Å²) in [6.07, 6.45) is 1.10. The van der Waals surface area contributed by atoms with E-state index in [4.69, 9.17) is 0 Å². The van der Waals surface area contributed by atoms with Crippen molar-refractivity contribution in [3.05, 3.63) is 29.6 Å². The second-order valence-corrected chi connectivity index (χ2v) is 4.45. The SMILES string of the molecule is CCC(C)CN(CC)c1cccc(F)c1CO. The first kappa shape index (κ1) is 14.0. The average molecular weight is 239 g/mol. The minimum atomic E-state index is -0.326. The molecule has 0 saturated carbocycles. The average Bonchev–Trinajstić information content (AvgIpc) is 2.35. The quantitative estimate of drug-likeness (QED) is 0.824. The van der Waals surface area contributed by atoms with Crippen LogP contribution in [0.2, 0.25) is 0 Å². The third-order valence-electron chi connectivity index (χ3n) is 3.20. The molecule has 0 spiro atoms. The van der Waals surface area contributed by atoms with E-state index in [1.165, 1.54) is 6.07 Å². The molecule has 17 heavy (non-hydrogen) atoms. The molecule has 0 fully saturated rings. The molecule has 0 aromatic heterocycles. The zero-order chi connectivity index (χ0) is 12.8. The van der Waals surface area contributed by atoms with Gasteiger partial charge in [-0.15, -0.1) is 0 Å². The van der Waals surface area contributed by atoms with E-state index in [-0.39, 0.29) is 12.4 Å². The number of hydrogen-bond donors (Lipinski definition) is 1. The van der Waals surface area contributed by atoms with Crippen molar-refractivity contribution in [1.82, 2.24) is 0 Å². The molecule has 1 aromatic rings. The van der Waals surface area contributed by atoms with Crippen LogP contribution in [0.4, 0.5) is 10.1 Å². The first-order chi connectivity index (χ1) is 8.13. The molecule has 0 bridgehead atoms. The van der Waals surface area contributed by atoms with Gasteiger partial charge in [0, 0.05) is 24.3 Å². The molecule has 1 atom stereocenters. The number of hydrogen-bond acceptors (Lipinski definition) is 2. The lowest BCUT2D eigenvalue weighted by atomic mass is 10.1. The number of aliphatic hydroxyl groups excluding tert-OH is 1. The maximum atomic E-state index is 13.6. The maximum Gasteiger partial charge on any atom is 0.130 e. The second kappa shape index (κ2) is 6.60. The van der Waals surface area contributed by atoms with E-state index in [9.17, 15) is 9.50 Å².